The van der Waals surface area contributed by atoms with Gasteiger partial charge in [-0.3, -0.25) is 0 Å². The van der Waals surface area contributed by atoms with Gasteiger partial charge in [0.2, 0.25) is 0 Å². The maximum atomic E-state index is 12.5. The monoisotopic (exact) mass is 357 g/mol. The number of para-hydroxylation sites is 1. The van der Waals surface area contributed by atoms with E-state index in [1.807, 2.05) is 41.3 Å². The Bertz CT molecular complexity index is 722. The molecule has 0 atom stereocenters. The molecule has 2 aromatic rings. The molecular weight excluding hydrogens is 334 g/mol. The molecule has 0 radical (unpaired) electrons. The number of carbonyl (C=O) groups excluding carboxylic acids is 1. The highest BCUT2D eigenvalue weighted by Crippen LogP contribution is 2.26. The molecule has 0 bridgehead atoms. The molecule has 1 fully saturated rings. The number of benzene rings is 2. The molecule has 0 spiro atoms. The van der Waals surface area contributed by atoms with E-state index in [4.69, 9.17) is 11.6 Å². The molecule has 1 aliphatic heterocycles. The lowest BCUT2D eigenvalue weighted by Gasteiger charge is -2.36. The molecule has 1 N–H and O–H groups in total. The molecule has 0 saturated carbocycles. The molecule has 0 aliphatic carbocycles. The molecule has 4 nitrogen and oxygen atoms in total. The van der Waals surface area contributed by atoms with Crippen LogP contribution in [0.25, 0.3) is 0 Å². The van der Waals surface area contributed by atoms with Crippen LogP contribution >= 0.6 is 11.6 Å². The number of amides is 2. The summed E-state index contributed by atoms with van der Waals surface area (Å²) in [6.07, 6.45) is 0. The van der Waals surface area contributed by atoms with Gasteiger partial charge in [0, 0.05) is 31.9 Å². The Kier molecular flexibility index (Phi) is 5.49. The lowest BCUT2D eigenvalue weighted by molar-refractivity contribution is 0.208. The Labute approximate surface area is 154 Å². The van der Waals surface area contributed by atoms with E-state index in [-0.39, 0.29) is 6.03 Å². The van der Waals surface area contributed by atoms with Crippen LogP contribution in [-0.4, -0.2) is 37.1 Å². The lowest BCUT2D eigenvalue weighted by atomic mass is 10.0. The summed E-state index contributed by atoms with van der Waals surface area (Å²) < 4.78 is 0. The molecule has 0 aromatic heterocycles. The third-order valence-corrected chi connectivity index (χ3v) is 4.91. The fourth-order valence-corrected chi connectivity index (χ4v) is 3.27. The third-order valence-electron chi connectivity index (χ3n) is 4.59. The summed E-state index contributed by atoms with van der Waals surface area (Å²) in [6.45, 7) is 7.24. The van der Waals surface area contributed by atoms with Crippen LogP contribution in [0.2, 0.25) is 5.02 Å². The van der Waals surface area contributed by atoms with Crippen molar-refractivity contribution >= 4 is 29.0 Å². The largest absolute Gasteiger partial charge is 0.367 e. The van der Waals surface area contributed by atoms with E-state index in [0.717, 1.165) is 29.5 Å². The Hall–Kier alpha value is -2.20. The van der Waals surface area contributed by atoms with Crippen molar-refractivity contribution in [2.75, 3.05) is 36.4 Å². The number of nitrogens with zero attached hydrogens (tertiary/aromatic N) is 2. The van der Waals surface area contributed by atoms with Crippen LogP contribution < -0.4 is 10.2 Å². The average Bonchev–Trinajstić information content (AvgIpc) is 2.63. The second kappa shape index (κ2) is 7.79. The van der Waals surface area contributed by atoms with Crippen molar-refractivity contribution in [3.05, 3.63) is 59.1 Å². The summed E-state index contributed by atoms with van der Waals surface area (Å²) >= 11 is 6.26. The highest BCUT2D eigenvalue weighted by Gasteiger charge is 2.22. The lowest BCUT2D eigenvalue weighted by Crippen LogP contribution is -2.50. The normalized spacial score (nSPS) is 14.7. The van der Waals surface area contributed by atoms with E-state index < -0.39 is 0 Å². The van der Waals surface area contributed by atoms with Crippen LogP contribution in [0, 0.1) is 0 Å². The summed E-state index contributed by atoms with van der Waals surface area (Å²) in [5, 5.41) is 3.74. The maximum absolute atomic E-state index is 12.5. The van der Waals surface area contributed by atoms with Crippen molar-refractivity contribution in [3.63, 3.8) is 0 Å². The zero-order valence-corrected chi connectivity index (χ0v) is 15.5. The quantitative estimate of drug-likeness (QED) is 0.854. The number of urea groups is 1. The van der Waals surface area contributed by atoms with Gasteiger partial charge in [-0.2, -0.15) is 0 Å². The van der Waals surface area contributed by atoms with E-state index in [2.05, 4.69) is 36.2 Å². The van der Waals surface area contributed by atoms with E-state index in [9.17, 15) is 4.79 Å². The maximum Gasteiger partial charge on any atom is 0.321 e. The second-order valence-electron chi connectivity index (χ2n) is 6.63. The van der Waals surface area contributed by atoms with Gasteiger partial charge in [-0.05, 0) is 35.7 Å². The second-order valence-corrected chi connectivity index (χ2v) is 7.04. The van der Waals surface area contributed by atoms with Crippen LogP contribution in [0.1, 0.15) is 25.3 Å². The molecule has 1 aliphatic rings. The number of anilines is 2. The summed E-state index contributed by atoms with van der Waals surface area (Å²) in [4.78, 5) is 16.5. The molecule has 5 heteroatoms. The van der Waals surface area contributed by atoms with Crippen LogP contribution in [0.4, 0.5) is 16.2 Å². The first-order chi connectivity index (χ1) is 12.0. The molecular formula is C20H24ClN3O. The van der Waals surface area contributed by atoms with Crippen molar-refractivity contribution in [2.45, 2.75) is 19.8 Å². The standard InChI is InChI=1S/C20H24ClN3O/c1-15(2)16-7-9-17(10-8-16)22-20(25)24-13-11-23(12-14-24)19-6-4-3-5-18(19)21/h3-10,15H,11-14H2,1-2H3,(H,22,25). The van der Waals surface area contributed by atoms with Crippen molar-refractivity contribution in [3.8, 4) is 0 Å². The van der Waals surface area contributed by atoms with Gasteiger partial charge in [-0.25, -0.2) is 4.79 Å². The van der Waals surface area contributed by atoms with Gasteiger partial charge in [0.1, 0.15) is 0 Å². The molecule has 3 rings (SSSR count). The number of hydrogen-bond acceptors (Lipinski definition) is 2. The Morgan fingerprint density at radius 3 is 2.24 bits per heavy atom. The summed E-state index contributed by atoms with van der Waals surface area (Å²) in [5.41, 5.74) is 3.14. The van der Waals surface area contributed by atoms with Crippen molar-refractivity contribution in [2.24, 2.45) is 0 Å². The van der Waals surface area contributed by atoms with Gasteiger partial charge in [0.25, 0.3) is 0 Å². The summed E-state index contributed by atoms with van der Waals surface area (Å²) in [5.74, 6) is 0.489. The fourth-order valence-electron chi connectivity index (χ4n) is 3.01. The summed E-state index contributed by atoms with van der Waals surface area (Å²) in [6, 6.07) is 15.9. The van der Waals surface area contributed by atoms with Crippen LogP contribution in [0.15, 0.2) is 48.5 Å². The van der Waals surface area contributed by atoms with Crippen LogP contribution in [0.3, 0.4) is 0 Å². The molecule has 0 unspecified atom stereocenters. The Morgan fingerprint density at radius 2 is 1.64 bits per heavy atom. The van der Waals surface area contributed by atoms with Gasteiger partial charge in [-0.1, -0.05) is 49.7 Å². The molecule has 2 aromatic carbocycles. The topological polar surface area (TPSA) is 35.6 Å². The van der Waals surface area contributed by atoms with Gasteiger partial charge < -0.3 is 15.1 Å². The first-order valence-electron chi connectivity index (χ1n) is 8.70. The Balaban J connectivity index is 1.55. The fraction of sp³-hybridized carbons (Fsp3) is 0.350. The van der Waals surface area contributed by atoms with Crippen LogP contribution in [0.5, 0.6) is 0 Å². The van der Waals surface area contributed by atoms with E-state index >= 15 is 0 Å². The van der Waals surface area contributed by atoms with Crippen LogP contribution in [-0.2, 0) is 0 Å². The first-order valence-corrected chi connectivity index (χ1v) is 9.08. The van der Waals surface area contributed by atoms with E-state index in [0.29, 0.717) is 19.0 Å². The third kappa shape index (κ3) is 4.26. The van der Waals surface area contributed by atoms with Crippen molar-refractivity contribution in [1.82, 2.24) is 4.90 Å². The van der Waals surface area contributed by atoms with Gasteiger partial charge in [-0.15, -0.1) is 0 Å². The first kappa shape index (κ1) is 17.6. The minimum atomic E-state index is -0.0453. The highest BCUT2D eigenvalue weighted by atomic mass is 35.5. The minimum absolute atomic E-state index is 0.0453. The van der Waals surface area contributed by atoms with E-state index in [1.165, 1.54) is 5.56 Å². The molecule has 25 heavy (non-hydrogen) atoms. The predicted molar refractivity (Wildman–Crippen MR) is 105 cm³/mol. The number of piperazine rings is 1. The van der Waals surface area contributed by atoms with Crippen molar-refractivity contribution in [1.29, 1.82) is 0 Å². The summed E-state index contributed by atoms with van der Waals surface area (Å²) in [7, 11) is 0. The SMILES string of the molecule is CC(C)c1ccc(NC(=O)N2CCN(c3ccccc3Cl)CC2)cc1. The highest BCUT2D eigenvalue weighted by molar-refractivity contribution is 6.33. The van der Waals surface area contributed by atoms with Crippen molar-refractivity contribution < 1.29 is 4.79 Å². The van der Waals surface area contributed by atoms with Gasteiger partial charge in [0.15, 0.2) is 0 Å². The average molecular weight is 358 g/mol. The number of halogens is 1. The molecule has 132 valence electrons. The molecule has 1 heterocycles. The zero-order valence-electron chi connectivity index (χ0n) is 14.7. The predicted octanol–water partition coefficient (Wildman–Crippen LogP) is 4.82. The van der Waals surface area contributed by atoms with Gasteiger partial charge in [0.05, 0.1) is 10.7 Å². The van der Waals surface area contributed by atoms with Gasteiger partial charge >= 0.3 is 6.03 Å². The minimum Gasteiger partial charge on any atom is -0.367 e. The number of hydrogen-bond donors (Lipinski definition) is 1. The number of nitrogens with one attached hydrogen (secondary N) is 1. The zero-order chi connectivity index (χ0) is 17.8. The smallest absolute Gasteiger partial charge is 0.321 e. The number of carbonyl (C=O) groups is 1. The molecule has 1 saturated heterocycles. The Morgan fingerprint density at radius 1 is 1.00 bits per heavy atom. The number of rotatable bonds is 3. The molecule has 2 amide bonds. The van der Waals surface area contributed by atoms with E-state index in [1.54, 1.807) is 0 Å².